The van der Waals surface area contributed by atoms with Gasteiger partial charge in [-0.1, -0.05) is 18.2 Å². The molecule has 1 saturated heterocycles. The summed E-state index contributed by atoms with van der Waals surface area (Å²) in [7, 11) is 0. The first-order chi connectivity index (χ1) is 15.2. The summed E-state index contributed by atoms with van der Waals surface area (Å²) in [6.07, 6.45) is 2.72. The van der Waals surface area contributed by atoms with Crippen LogP contribution in [0.25, 0.3) is 5.82 Å². The average molecular weight is 419 g/mol. The summed E-state index contributed by atoms with van der Waals surface area (Å²) >= 11 is 0. The summed E-state index contributed by atoms with van der Waals surface area (Å²) in [6.45, 7) is 6.53. The van der Waals surface area contributed by atoms with Crippen molar-refractivity contribution in [1.29, 1.82) is 0 Å². The van der Waals surface area contributed by atoms with Crippen LogP contribution in [0, 0.1) is 6.92 Å². The molecular formula is C23H26N6O2. The van der Waals surface area contributed by atoms with E-state index in [2.05, 4.69) is 20.4 Å². The maximum Gasteiger partial charge on any atom is 0.226 e. The van der Waals surface area contributed by atoms with Gasteiger partial charge in [-0.15, -0.1) is 10.2 Å². The van der Waals surface area contributed by atoms with Crippen molar-refractivity contribution >= 4 is 17.5 Å². The number of hydrogen-bond acceptors (Lipinski definition) is 6. The summed E-state index contributed by atoms with van der Waals surface area (Å²) in [5, 5.41) is 16.6. The quantitative estimate of drug-likeness (QED) is 0.683. The van der Waals surface area contributed by atoms with Crippen LogP contribution in [0.4, 0.5) is 11.6 Å². The van der Waals surface area contributed by atoms with E-state index in [4.69, 9.17) is 9.84 Å². The van der Waals surface area contributed by atoms with Crippen LogP contribution in [-0.2, 0) is 4.79 Å². The minimum Gasteiger partial charge on any atom is -0.494 e. The van der Waals surface area contributed by atoms with Crippen molar-refractivity contribution in [2.75, 3.05) is 29.9 Å². The molecule has 0 aliphatic carbocycles. The summed E-state index contributed by atoms with van der Waals surface area (Å²) in [5.74, 6) is 2.76. The predicted molar refractivity (Wildman–Crippen MR) is 118 cm³/mol. The number of benzene rings is 1. The zero-order valence-electron chi connectivity index (χ0n) is 17.8. The molecule has 160 valence electrons. The van der Waals surface area contributed by atoms with Gasteiger partial charge in [-0.25, -0.2) is 0 Å². The lowest BCUT2D eigenvalue weighted by Crippen LogP contribution is -2.25. The van der Waals surface area contributed by atoms with Gasteiger partial charge >= 0.3 is 0 Å². The Labute approximate surface area is 181 Å². The Kier molecular flexibility index (Phi) is 5.05. The molecule has 2 aromatic heterocycles. The normalized spacial score (nSPS) is 18.1. The lowest BCUT2D eigenvalue weighted by molar-refractivity contribution is -0.116. The first-order valence-corrected chi connectivity index (χ1v) is 10.9. The third kappa shape index (κ3) is 3.52. The number of hydrogen-bond donors (Lipinski definition) is 1. The van der Waals surface area contributed by atoms with E-state index in [0.29, 0.717) is 24.7 Å². The summed E-state index contributed by atoms with van der Waals surface area (Å²) in [4.78, 5) is 14.9. The van der Waals surface area contributed by atoms with Gasteiger partial charge in [0.25, 0.3) is 0 Å². The number of aromatic nitrogens is 4. The van der Waals surface area contributed by atoms with E-state index >= 15 is 0 Å². The average Bonchev–Trinajstić information content (AvgIpc) is 3.43. The molecule has 1 aromatic carbocycles. The molecule has 8 heteroatoms. The van der Waals surface area contributed by atoms with Gasteiger partial charge in [0.15, 0.2) is 11.6 Å². The van der Waals surface area contributed by atoms with E-state index in [-0.39, 0.29) is 11.8 Å². The van der Waals surface area contributed by atoms with E-state index < -0.39 is 0 Å². The highest BCUT2D eigenvalue weighted by atomic mass is 16.5. The Morgan fingerprint density at radius 3 is 2.58 bits per heavy atom. The second kappa shape index (κ2) is 8.02. The molecule has 0 bridgehead atoms. The van der Waals surface area contributed by atoms with Crippen molar-refractivity contribution in [3.8, 4) is 11.6 Å². The summed E-state index contributed by atoms with van der Waals surface area (Å²) in [5.41, 5.74) is 2.85. The van der Waals surface area contributed by atoms with Crippen molar-refractivity contribution in [3.05, 3.63) is 53.2 Å². The maximum atomic E-state index is 12.7. The molecule has 8 nitrogen and oxygen atoms in total. The van der Waals surface area contributed by atoms with Crippen LogP contribution in [0.1, 0.15) is 48.9 Å². The van der Waals surface area contributed by atoms with Crippen LogP contribution in [0.3, 0.4) is 0 Å². The number of aryl methyl sites for hydroxylation is 1. The second-order valence-corrected chi connectivity index (χ2v) is 7.98. The minimum atomic E-state index is -0.128. The van der Waals surface area contributed by atoms with Crippen LogP contribution in [0.15, 0.2) is 36.4 Å². The van der Waals surface area contributed by atoms with Crippen molar-refractivity contribution in [1.82, 2.24) is 20.0 Å². The monoisotopic (exact) mass is 418 g/mol. The molecule has 1 atom stereocenters. The first-order valence-electron chi connectivity index (χ1n) is 10.9. The number of ether oxygens (including phenoxy) is 1. The Morgan fingerprint density at radius 1 is 1.10 bits per heavy atom. The molecule has 4 heterocycles. The number of nitrogens with one attached hydrogen (secondary N) is 1. The Hall–Kier alpha value is -3.42. The van der Waals surface area contributed by atoms with E-state index in [1.54, 1.807) is 4.68 Å². The number of fused-ring (bicyclic) bond motifs is 1. The molecular weight excluding hydrogens is 392 g/mol. The van der Waals surface area contributed by atoms with Crippen molar-refractivity contribution in [3.63, 3.8) is 0 Å². The van der Waals surface area contributed by atoms with Crippen LogP contribution in [0.5, 0.6) is 5.75 Å². The molecule has 0 spiro atoms. The Morgan fingerprint density at radius 2 is 1.84 bits per heavy atom. The molecule has 1 fully saturated rings. The molecule has 0 radical (unpaired) electrons. The minimum absolute atomic E-state index is 0.0494. The number of rotatable bonds is 5. The molecule has 3 aromatic rings. The van der Waals surface area contributed by atoms with Crippen molar-refractivity contribution < 1.29 is 9.53 Å². The molecule has 31 heavy (non-hydrogen) atoms. The van der Waals surface area contributed by atoms with Gasteiger partial charge < -0.3 is 15.0 Å². The van der Waals surface area contributed by atoms with Crippen LogP contribution in [0.2, 0.25) is 0 Å². The highest BCUT2D eigenvalue weighted by Crippen LogP contribution is 2.42. The van der Waals surface area contributed by atoms with Crippen LogP contribution < -0.4 is 15.0 Å². The molecule has 1 N–H and O–H groups in total. The van der Waals surface area contributed by atoms with Gasteiger partial charge in [-0.2, -0.15) is 9.78 Å². The summed E-state index contributed by atoms with van der Waals surface area (Å²) < 4.78 is 7.54. The predicted octanol–water partition coefficient (Wildman–Crippen LogP) is 3.44. The van der Waals surface area contributed by atoms with Gasteiger partial charge in [0.1, 0.15) is 11.6 Å². The lowest BCUT2D eigenvalue weighted by atomic mass is 9.85. The zero-order valence-corrected chi connectivity index (χ0v) is 17.8. The van der Waals surface area contributed by atoms with Gasteiger partial charge in [-0.3, -0.25) is 4.79 Å². The fraction of sp³-hybridized carbons (Fsp3) is 0.391. The largest absolute Gasteiger partial charge is 0.494 e. The van der Waals surface area contributed by atoms with E-state index in [0.717, 1.165) is 41.5 Å². The van der Waals surface area contributed by atoms with Crippen LogP contribution in [-0.4, -0.2) is 45.6 Å². The van der Waals surface area contributed by atoms with E-state index in [9.17, 15) is 4.79 Å². The highest BCUT2D eigenvalue weighted by molar-refractivity contribution is 5.95. The molecule has 1 amide bonds. The summed E-state index contributed by atoms with van der Waals surface area (Å²) in [6, 6.07) is 11.8. The van der Waals surface area contributed by atoms with Crippen molar-refractivity contribution in [2.24, 2.45) is 0 Å². The maximum absolute atomic E-state index is 12.7. The highest BCUT2D eigenvalue weighted by Gasteiger charge is 2.34. The Bertz CT molecular complexity index is 1100. The van der Waals surface area contributed by atoms with Gasteiger partial charge in [-0.05, 0) is 44.9 Å². The topological polar surface area (TPSA) is 85.2 Å². The molecule has 2 aliphatic rings. The first kappa shape index (κ1) is 19.5. The number of nitrogens with zero attached hydrogens (tertiary/aromatic N) is 5. The van der Waals surface area contributed by atoms with Crippen LogP contribution >= 0.6 is 0 Å². The molecule has 0 saturated carbocycles. The number of carbonyl (C=O) groups excluding carboxylic acids is 1. The number of carbonyl (C=O) groups is 1. The smallest absolute Gasteiger partial charge is 0.226 e. The standard InChI is InChI=1S/C23H26N6O2/c1-3-31-18-9-5-4-8-16(18)17-14-21(30)24-23-22(17)15(2)27-29(23)20-11-10-19(25-26-20)28-12-6-7-13-28/h4-5,8-11,17H,3,6-7,12-14H2,1-2H3,(H,24,30)/t17-/m1/s1. The van der Waals surface area contributed by atoms with Gasteiger partial charge in [0, 0.05) is 36.6 Å². The van der Waals surface area contributed by atoms with E-state index in [1.165, 1.54) is 12.8 Å². The Balaban J connectivity index is 1.55. The fourth-order valence-electron chi connectivity index (χ4n) is 4.58. The second-order valence-electron chi connectivity index (χ2n) is 7.98. The number of amides is 1. The third-order valence-electron chi connectivity index (χ3n) is 5.98. The van der Waals surface area contributed by atoms with Gasteiger partial charge in [0.05, 0.1) is 12.3 Å². The fourth-order valence-corrected chi connectivity index (χ4v) is 4.58. The third-order valence-corrected chi connectivity index (χ3v) is 5.98. The van der Waals surface area contributed by atoms with Crippen molar-refractivity contribution in [2.45, 2.75) is 39.0 Å². The lowest BCUT2D eigenvalue weighted by Gasteiger charge is -2.25. The number of anilines is 2. The molecule has 0 unspecified atom stereocenters. The number of para-hydroxylation sites is 1. The molecule has 5 rings (SSSR count). The SMILES string of the molecule is CCOc1ccccc1[C@H]1CC(=O)Nc2c1c(C)nn2-c1ccc(N2CCCC2)nn1. The van der Waals surface area contributed by atoms with Gasteiger partial charge in [0.2, 0.25) is 5.91 Å². The molecule has 2 aliphatic heterocycles. The zero-order chi connectivity index (χ0) is 21.4. The van der Waals surface area contributed by atoms with E-state index in [1.807, 2.05) is 50.2 Å².